The molecule has 5 rings (SSSR count). The summed E-state index contributed by atoms with van der Waals surface area (Å²) in [6, 6.07) is 19.9. The Bertz CT molecular complexity index is 1290. The Balaban J connectivity index is 1.40. The summed E-state index contributed by atoms with van der Waals surface area (Å²) in [6.45, 7) is 5.88. The number of carbonyl (C=O) groups excluding carboxylic acids is 1. The van der Waals surface area contributed by atoms with Crippen LogP contribution in [-0.4, -0.2) is 63.8 Å². The second-order valence-electron chi connectivity index (χ2n) is 8.83. The van der Waals surface area contributed by atoms with E-state index >= 15 is 0 Å². The molecule has 7 nitrogen and oxygen atoms in total. The van der Waals surface area contributed by atoms with Crippen LogP contribution in [0.3, 0.4) is 0 Å². The Kier molecular flexibility index (Phi) is 6.59. The van der Waals surface area contributed by atoms with Crippen LogP contribution in [0.2, 0.25) is 0 Å². The number of methoxy groups -OCH3 is 1. The molecule has 1 aliphatic rings. The van der Waals surface area contributed by atoms with Gasteiger partial charge in [-0.2, -0.15) is 5.10 Å². The van der Waals surface area contributed by atoms with Gasteiger partial charge in [-0.15, -0.1) is 0 Å². The Labute approximate surface area is 205 Å². The molecule has 4 aromatic rings. The fourth-order valence-corrected chi connectivity index (χ4v) is 4.37. The molecule has 1 amide bonds. The van der Waals surface area contributed by atoms with Crippen LogP contribution in [0.1, 0.15) is 21.5 Å². The van der Waals surface area contributed by atoms with E-state index in [1.54, 1.807) is 18.0 Å². The molecule has 0 saturated carbocycles. The highest BCUT2D eigenvalue weighted by Gasteiger charge is 2.27. The average Bonchev–Trinajstić information content (AvgIpc) is 3.35. The first-order valence-electron chi connectivity index (χ1n) is 11.8. The summed E-state index contributed by atoms with van der Waals surface area (Å²) in [6.07, 6.45) is 5.54. The maximum atomic E-state index is 13.7. The smallest absolute Gasteiger partial charge is 0.257 e. The van der Waals surface area contributed by atoms with Crippen molar-refractivity contribution in [1.82, 2.24) is 24.6 Å². The van der Waals surface area contributed by atoms with Crippen molar-refractivity contribution in [2.75, 3.05) is 33.3 Å². The maximum absolute atomic E-state index is 13.7. The summed E-state index contributed by atoms with van der Waals surface area (Å²) in [4.78, 5) is 22.2. The van der Waals surface area contributed by atoms with E-state index in [1.165, 1.54) is 11.1 Å². The molecule has 1 aliphatic heterocycles. The second-order valence-corrected chi connectivity index (χ2v) is 8.83. The van der Waals surface area contributed by atoms with Crippen LogP contribution < -0.4 is 4.74 Å². The van der Waals surface area contributed by atoms with Crippen LogP contribution in [0.5, 0.6) is 5.75 Å². The fourth-order valence-electron chi connectivity index (χ4n) is 4.37. The number of amides is 1. The molecular weight excluding hydrogens is 438 g/mol. The summed E-state index contributed by atoms with van der Waals surface area (Å²) in [5.41, 5.74) is 5.39. The van der Waals surface area contributed by atoms with Gasteiger partial charge in [0.1, 0.15) is 11.4 Å². The number of aromatic nitrogens is 3. The van der Waals surface area contributed by atoms with E-state index in [0.29, 0.717) is 24.3 Å². The van der Waals surface area contributed by atoms with Gasteiger partial charge in [0.05, 0.1) is 18.4 Å². The van der Waals surface area contributed by atoms with E-state index < -0.39 is 0 Å². The number of nitrogens with zero attached hydrogens (tertiary/aromatic N) is 5. The first-order chi connectivity index (χ1) is 17.1. The molecule has 0 bridgehead atoms. The van der Waals surface area contributed by atoms with E-state index in [4.69, 9.17) is 9.84 Å². The van der Waals surface area contributed by atoms with Crippen molar-refractivity contribution < 1.29 is 9.53 Å². The highest BCUT2D eigenvalue weighted by Crippen LogP contribution is 2.28. The molecule has 2 aromatic carbocycles. The van der Waals surface area contributed by atoms with Crippen LogP contribution in [0.4, 0.5) is 0 Å². The van der Waals surface area contributed by atoms with Gasteiger partial charge in [0, 0.05) is 56.9 Å². The number of hydrogen-bond acceptors (Lipinski definition) is 5. The molecule has 35 heavy (non-hydrogen) atoms. The third kappa shape index (κ3) is 5.10. The SMILES string of the molecule is COc1cccc(-c2nn(-c3ccc(C)cc3)cc2C(=O)N2CCN(Cc3cccnc3)CC2)c1. The van der Waals surface area contributed by atoms with Gasteiger partial charge in [-0.05, 0) is 42.8 Å². The lowest BCUT2D eigenvalue weighted by Gasteiger charge is -2.34. The molecule has 3 heterocycles. The molecule has 2 aromatic heterocycles. The van der Waals surface area contributed by atoms with E-state index in [2.05, 4.69) is 22.9 Å². The van der Waals surface area contributed by atoms with Gasteiger partial charge >= 0.3 is 0 Å². The van der Waals surface area contributed by atoms with Gasteiger partial charge in [0.25, 0.3) is 5.91 Å². The van der Waals surface area contributed by atoms with Crippen LogP contribution in [0, 0.1) is 6.92 Å². The van der Waals surface area contributed by atoms with Crippen molar-refractivity contribution in [3.63, 3.8) is 0 Å². The summed E-state index contributed by atoms with van der Waals surface area (Å²) < 4.78 is 7.21. The van der Waals surface area contributed by atoms with E-state index in [0.717, 1.165) is 36.6 Å². The van der Waals surface area contributed by atoms with E-state index in [-0.39, 0.29) is 5.91 Å². The molecular formula is C28H29N5O2. The van der Waals surface area contributed by atoms with Crippen LogP contribution >= 0.6 is 0 Å². The maximum Gasteiger partial charge on any atom is 0.257 e. The molecule has 0 aliphatic carbocycles. The first kappa shape index (κ1) is 22.8. The van der Waals surface area contributed by atoms with Crippen LogP contribution in [0.25, 0.3) is 16.9 Å². The van der Waals surface area contributed by atoms with E-state index in [9.17, 15) is 4.79 Å². The highest BCUT2D eigenvalue weighted by atomic mass is 16.5. The lowest BCUT2D eigenvalue weighted by atomic mass is 10.1. The normalized spacial score (nSPS) is 14.2. The van der Waals surface area contributed by atoms with Crippen molar-refractivity contribution >= 4 is 5.91 Å². The van der Waals surface area contributed by atoms with E-state index in [1.807, 2.05) is 71.9 Å². The topological polar surface area (TPSA) is 63.5 Å². The third-order valence-electron chi connectivity index (χ3n) is 6.37. The first-order valence-corrected chi connectivity index (χ1v) is 11.8. The minimum Gasteiger partial charge on any atom is -0.497 e. The van der Waals surface area contributed by atoms with Crippen LogP contribution in [0.15, 0.2) is 79.3 Å². The number of piperazine rings is 1. The number of carbonyl (C=O) groups is 1. The summed E-state index contributed by atoms with van der Waals surface area (Å²) in [7, 11) is 1.64. The molecule has 1 saturated heterocycles. The molecule has 0 N–H and O–H groups in total. The lowest BCUT2D eigenvalue weighted by molar-refractivity contribution is 0.0629. The molecule has 0 atom stereocenters. The molecule has 178 valence electrons. The summed E-state index contributed by atoms with van der Waals surface area (Å²) in [5.74, 6) is 0.733. The van der Waals surface area contributed by atoms with Gasteiger partial charge in [-0.25, -0.2) is 4.68 Å². The molecule has 0 radical (unpaired) electrons. The van der Waals surface area contributed by atoms with Crippen molar-refractivity contribution in [3.8, 4) is 22.7 Å². The molecule has 1 fully saturated rings. The Morgan fingerprint density at radius 3 is 2.51 bits per heavy atom. The zero-order chi connectivity index (χ0) is 24.2. The predicted octanol–water partition coefficient (Wildman–Crippen LogP) is 4.21. The predicted molar refractivity (Wildman–Crippen MR) is 136 cm³/mol. The Morgan fingerprint density at radius 2 is 1.80 bits per heavy atom. The molecule has 0 spiro atoms. The van der Waals surface area contributed by atoms with Crippen LogP contribution in [-0.2, 0) is 6.54 Å². The van der Waals surface area contributed by atoms with Gasteiger partial charge < -0.3 is 9.64 Å². The Morgan fingerprint density at radius 1 is 1.00 bits per heavy atom. The summed E-state index contributed by atoms with van der Waals surface area (Å²) in [5, 5.41) is 4.84. The van der Waals surface area contributed by atoms with Gasteiger partial charge in [-0.3, -0.25) is 14.7 Å². The van der Waals surface area contributed by atoms with Gasteiger partial charge in [-0.1, -0.05) is 35.9 Å². The zero-order valence-corrected chi connectivity index (χ0v) is 20.1. The van der Waals surface area contributed by atoms with Crippen molar-refractivity contribution in [3.05, 3.63) is 95.9 Å². The summed E-state index contributed by atoms with van der Waals surface area (Å²) >= 11 is 0. The van der Waals surface area contributed by atoms with Gasteiger partial charge in [0.2, 0.25) is 0 Å². The highest BCUT2D eigenvalue weighted by molar-refractivity contribution is 6.00. The number of hydrogen-bond donors (Lipinski definition) is 0. The molecule has 0 unspecified atom stereocenters. The Hall–Kier alpha value is -3.97. The third-order valence-corrected chi connectivity index (χ3v) is 6.37. The number of aryl methyl sites for hydroxylation is 1. The second kappa shape index (κ2) is 10.1. The quantitative estimate of drug-likeness (QED) is 0.425. The zero-order valence-electron chi connectivity index (χ0n) is 20.1. The van der Waals surface area contributed by atoms with Crippen molar-refractivity contribution in [2.45, 2.75) is 13.5 Å². The standard InChI is InChI=1S/C28H29N5O2/c1-21-8-10-24(11-9-21)33-20-26(27(30-33)23-6-3-7-25(17-23)35-2)28(34)32-15-13-31(14-16-32)19-22-5-4-12-29-18-22/h3-12,17-18,20H,13-16,19H2,1-2H3. The van der Waals surface area contributed by atoms with Crippen molar-refractivity contribution in [2.24, 2.45) is 0 Å². The number of pyridine rings is 1. The lowest BCUT2D eigenvalue weighted by Crippen LogP contribution is -2.48. The van der Waals surface area contributed by atoms with Gasteiger partial charge in [0.15, 0.2) is 0 Å². The monoisotopic (exact) mass is 467 g/mol. The largest absolute Gasteiger partial charge is 0.497 e. The minimum atomic E-state index is 0.00205. The number of benzene rings is 2. The number of rotatable bonds is 6. The number of ether oxygens (including phenoxy) is 1. The molecule has 7 heteroatoms. The fraction of sp³-hybridized carbons (Fsp3) is 0.250. The minimum absolute atomic E-state index is 0.00205. The van der Waals surface area contributed by atoms with Crippen molar-refractivity contribution in [1.29, 1.82) is 0 Å². The average molecular weight is 468 g/mol.